The number of anilines is 1. The molecule has 2 heterocycles. The van der Waals surface area contributed by atoms with Crippen LogP contribution in [0.2, 0.25) is 0 Å². The third-order valence-electron chi connectivity index (χ3n) is 2.73. The molecule has 0 spiro atoms. The van der Waals surface area contributed by atoms with Crippen LogP contribution in [-0.4, -0.2) is 51.1 Å². The largest absolute Gasteiger partial charge is 0.465 e. The van der Waals surface area contributed by atoms with Gasteiger partial charge in [0.25, 0.3) is 5.91 Å². The van der Waals surface area contributed by atoms with Gasteiger partial charge < -0.3 is 21.1 Å². The number of carbonyl (C=O) groups is 2. The Morgan fingerprint density at radius 1 is 1.44 bits per heavy atom. The minimum atomic E-state index is -0.927. The van der Waals surface area contributed by atoms with E-state index in [1.807, 2.05) is 0 Å². The van der Waals surface area contributed by atoms with E-state index in [0.29, 0.717) is 25.5 Å². The molecule has 0 bridgehead atoms. The van der Waals surface area contributed by atoms with Gasteiger partial charge in [-0.05, 0) is 6.42 Å². The van der Waals surface area contributed by atoms with Crippen LogP contribution in [-0.2, 0) is 0 Å². The second kappa shape index (κ2) is 4.86. The number of hydrogen-bond acceptors (Lipinski definition) is 5. The van der Waals surface area contributed by atoms with Crippen LogP contribution >= 0.6 is 0 Å². The summed E-state index contributed by atoms with van der Waals surface area (Å²) in [6.45, 7) is 0.892. The van der Waals surface area contributed by atoms with E-state index in [1.54, 1.807) is 0 Å². The number of primary amides is 1. The van der Waals surface area contributed by atoms with Gasteiger partial charge in [0.1, 0.15) is 0 Å². The average molecular weight is 251 g/mol. The summed E-state index contributed by atoms with van der Waals surface area (Å²) in [5.41, 5.74) is 5.30. The summed E-state index contributed by atoms with van der Waals surface area (Å²) in [4.78, 5) is 30.8. The Morgan fingerprint density at radius 3 is 2.61 bits per heavy atom. The highest BCUT2D eigenvalue weighted by atomic mass is 16.4. The zero-order chi connectivity index (χ0) is 13.1. The quantitative estimate of drug-likeness (QED) is 0.680. The maximum Gasteiger partial charge on any atom is 0.407 e. The van der Waals surface area contributed by atoms with Crippen molar-refractivity contribution in [3.05, 3.63) is 18.0 Å². The van der Waals surface area contributed by atoms with Crippen molar-refractivity contribution < 1.29 is 14.7 Å². The minimum Gasteiger partial charge on any atom is -0.465 e. The van der Waals surface area contributed by atoms with Crippen LogP contribution in [0.5, 0.6) is 0 Å². The van der Waals surface area contributed by atoms with Gasteiger partial charge in [-0.15, -0.1) is 0 Å². The highest BCUT2D eigenvalue weighted by Crippen LogP contribution is 2.13. The SMILES string of the molecule is NC(=O)c1cnc(NC2CCN(C(=O)O)C2)nc1. The molecule has 1 unspecified atom stereocenters. The number of likely N-dealkylation sites (tertiary alicyclic amines) is 1. The summed E-state index contributed by atoms with van der Waals surface area (Å²) in [5.74, 6) is -0.225. The smallest absolute Gasteiger partial charge is 0.407 e. The van der Waals surface area contributed by atoms with Crippen molar-refractivity contribution in [3.63, 3.8) is 0 Å². The molecular formula is C10H13N5O3. The van der Waals surface area contributed by atoms with E-state index in [4.69, 9.17) is 10.8 Å². The number of amides is 2. The van der Waals surface area contributed by atoms with Crippen molar-refractivity contribution in [3.8, 4) is 0 Å². The van der Waals surface area contributed by atoms with E-state index in [9.17, 15) is 9.59 Å². The lowest BCUT2D eigenvalue weighted by molar-refractivity contribution is 0.0999. The zero-order valence-electron chi connectivity index (χ0n) is 9.54. The Labute approximate surface area is 103 Å². The zero-order valence-corrected chi connectivity index (χ0v) is 9.54. The second-order valence-electron chi connectivity index (χ2n) is 4.02. The van der Waals surface area contributed by atoms with Gasteiger partial charge in [-0.2, -0.15) is 0 Å². The maximum absolute atomic E-state index is 10.8. The second-order valence-corrected chi connectivity index (χ2v) is 4.02. The Morgan fingerprint density at radius 2 is 2.11 bits per heavy atom. The first-order chi connectivity index (χ1) is 8.56. The van der Waals surface area contributed by atoms with Crippen molar-refractivity contribution in [1.29, 1.82) is 0 Å². The fraction of sp³-hybridized carbons (Fsp3) is 0.400. The molecule has 18 heavy (non-hydrogen) atoms. The maximum atomic E-state index is 10.8. The molecule has 4 N–H and O–H groups in total. The molecule has 1 atom stereocenters. The van der Waals surface area contributed by atoms with Crippen LogP contribution in [0.3, 0.4) is 0 Å². The first kappa shape index (κ1) is 12.1. The van der Waals surface area contributed by atoms with Gasteiger partial charge in [-0.1, -0.05) is 0 Å². The highest BCUT2D eigenvalue weighted by Gasteiger charge is 2.26. The third-order valence-corrected chi connectivity index (χ3v) is 2.73. The number of carboxylic acid groups (broad SMARTS) is 1. The lowest BCUT2D eigenvalue weighted by Crippen LogP contribution is -2.30. The van der Waals surface area contributed by atoms with Crippen LogP contribution in [0.15, 0.2) is 12.4 Å². The summed E-state index contributed by atoms with van der Waals surface area (Å²) >= 11 is 0. The van der Waals surface area contributed by atoms with E-state index >= 15 is 0 Å². The van der Waals surface area contributed by atoms with Gasteiger partial charge in [-0.25, -0.2) is 14.8 Å². The fourth-order valence-corrected chi connectivity index (χ4v) is 1.76. The number of carbonyl (C=O) groups excluding carboxylic acids is 1. The number of hydrogen-bond donors (Lipinski definition) is 3. The molecule has 0 aliphatic carbocycles. The fourth-order valence-electron chi connectivity index (χ4n) is 1.76. The standard InChI is InChI=1S/C10H13N5O3/c11-8(16)6-3-12-9(13-4-6)14-7-1-2-15(5-7)10(17)18/h3-4,7H,1-2,5H2,(H2,11,16)(H,17,18)(H,12,13,14). The lowest BCUT2D eigenvalue weighted by atomic mass is 10.3. The van der Waals surface area contributed by atoms with E-state index in [1.165, 1.54) is 17.3 Å². The first-order valence-corrected chi connectivity index (χ1v) is 5.42. The Bertz CT molecular complexity index is 461. The molecule has 2 rings (SSSR count). The van der Waals surface area contributed by atoms with Gasteiger partial charge in [-0.3, -0.25) is 4.79 Å². The summed E-state index contributed by atoms with van der Waals surface area (Å²) in [5, 5.41) is 11.8. The summed E-state index contributed by atoms with van der Waals surface area (Å²) in [7, 11) is 0. The summed E-state index contributed by atoms with van der Waals surface area (Å²) < 4.78 is 0. The Hall–Kier alpha value is -2.38. The molecule has 8 nitrogen and oxygen atoms in total. The Balaban J connectivity index is 1.94. The van der Waals surface area contributed by atoms with Crippen LogP contribution in [0, 0.1) is 0 Å². The van der Waals surface area contributed by atoms with Crippen LogP contribution in [0.4, 0.5) is 10.7 Å². The monoisotopic (exact) mass is 251 g/mol. The van der Waals surface area contributed by atoms with E-state index in [2.05, 4.69) is 15.3 Å². The molecular weight excluding hydrogens is 238 g/mol. The van der Waals surface area contributed by atoms with E-state index in [-0.39, 0.29) is 11.6 Å². The van der Waals surface area contributed by atoms with Crippen molar-refractivity contribution in [2.75, 3.05) is 18.4 Å². The number of nitrogens with one attached hydrogen (secondary N) is 1. The van der Waals surface area contributed by atoms with Crippen molar-refractivity contribution in [2.24, 2.45) is 5.73 Å². The van der Waals surface area contributed by atoms with Crippen molar-refractivity contribution in [1.82, 2.24) is 14.9 Å². The first-order valence-electron chi connectivity index (χ1n) is 5.42. The number of nitrogens with zero attached hydrogens (tertiary/aromatic N) is 3. The molecule has 1 aliphatic heterocycles. The van der Waals surface area contributed by atoms with E-state index in [0.717, 1.165) is 0 Å². The predicted octanol–water partition coefficient (Wildman–Crippen LogP) is -0.260. The molecule has 96 valence electrons. The molecule has 8 heteroatoms. The number of aromatic nitrogens is 2. The normalized spacial score (nSPS) is 18.7. The molecule has 0 radical (unpaired) electrons. The van der Waals surface area contributed by atoms with Gasteiger partial charge in [0.15, 0.2) is 0 Å². The molecule has 0 saturated carbocycles. The third kappa shape index (κ3) is 2.65. The van der Waals surface area contributed by atoms with Crippen LogP contribution < -0.4 is 11.1 Å². The van der Waals surface area contributed by atoms with Crippen molar-refractivity contribution in [2.45, 2.75) is 12.5 Å². The topological polar surface area (TPSA) is 121 Å². The number of nitrogens with two attached hydrogens (primary N) is 1. The molecule has 1 fully saturated rings. The van der Waals surface area contributed by atoms with Crippen molar-refractivity contribution >= 4 is 17.9 Å². The van der Waals surface area contributed by atoms with Gasteiger partial charge >= 0.3 is 6.09 Å². The lowest BCUT2D eigenvalue weighted by Gasteiger charge is -2.13. The molecule has 1 aromatic rings. The van der Waals surface area contributed by atoms with Gasteiger partial charge in [0.05, 0.1) is 5.56 Å². The van der Waals surface area contributed by atoms with Crippen LogP contribution in [0.1, 0.15) is 16.8 Å². The number of rotatable bonds is 3. The molecule has 1 aliphatic rings. The minimum absolute atomic E-state index is 0.0134. The molecule has 0 aromatic carbocycles. The molecule has 1 aromatic heterocycles. The van der Waals surface area contributed by atoms with E-state index < -0.39 is 12.0 Å². The molecule has 1 saturated heterocycles. The van der Waals surface area contributed by atoms with Crippen LogP contribution in [0.25, 0.3) is 0 Å². The predicted molar refractivity (Wildman–Crippen MR) is 62.2 cm³/mol. The Kier molecular flexibility index (Phi) is 3.26. The average Bonchev–Trinajstić information content (AvgIpc) is 2.78. The summed E-state index contributed by atoms with van der Waals surface area (Å²) in [6.07, 6.45) is 2.44. The van der Waals surface area contributed by atoms with Gasteiger partial charge in [0.2, 0.25) is 5.95 Å². The summed E-state index contributed by atoms with van der Waals surface area (Å²) in [6, 6.07) is -0.0134. The highest BCUT2D eigenvalue weighted by molar-refractivity contribution is 5.92. The molecule has 2 amide bonds. The van der Waals surface area contributed by atoms with Gasteiger partial charge in [0, 0.05) is 31.5 Å².